The number of anilines is 3. The number of hydrogen-bond donors (Lipinski definition) is 1. The van der Waals surface area contributed by atoms with Crippen molar-refractivity contribution < 1.29 is 9.53 Å². The summed E-state index contributed by atoms with van der Waals surface area (Å²) in [6, 6.07) is 15.7. The van der Waals surface area contributed by atoms with Crippen molar-refractivity contribution in [2.24, 2.45) is 0 Å². The molecule has 37 heavy (non-hydrogen) atoms. The summed E-state index contributed by atoms with van der Waals surface area (Å²) in [6.45, 7) is 6.46. The lowest BCUT2D eigenvalue weighted by atomic mass is 10.1. The summed E-state index contributed by atoms with van der Waals surface area (Å²) in [6.07, 6.45) is 2.39. The molecule has 2 aromatic carbocycles. The zero-order valence-electron chi connectivity index (χ0n) is 21.6. The third kappa shape index (κ3) is 5.79. The van der Waals surface area contributed by atoms with Gasteiger partial charge in [0, 0.05) is 55.5 Å². The summed E-state index contributed by atoms with van der Waals surface area (Å²) in [5, 5.41) is 3.41. The van der Waals surface area contributed by atoms with Crippen LogP contribution in [0, 0.1) is 0 Å². The number of Topliss-reactive ketones (excluding diaryl/α,β-unsaturated/α-hetero) is 1. The zero-order chi connectivity index (χ0) is 25.8. The molecule has 2 aromatic heterocycles. The first kappa shape index (κ1) is 24.9. The molecule has 4 aromatic rings. The molecule has 3 heterocycles. The first-order chi connectivity index (χ1) is 18.0. The lowest BCUT2D eigenvalue weighted by Gasteiger charge is -2.27. The van der Waals surface area contributed by atoms with Gasteiger partial charge in [-0.25, -0.2) is 9.97 Å². The first-order valence-corrected chi connectivity index (χ1v) is 12.7. The molecule has 0 spiro atoms. The minimum absolute atomic E-state index is 0.130. The molecular weight excluding hydrogens is 466 g/mol. The van der Waals surface area contributed by atoms with E-state index in [1.807, 2.05) is 49.6 Å². The number of aromatic nitrogens is 4. The number of likely N-dealkylation sites (N-methyl/N-ethyl adjacent to an activating group) is 1. The van der Waals surface area contributed by atoms with Gasteiger partial charge in [0.15, 0.2) is 5.78 Å². The maximum Gasteiger partial charge on any atom is 0.228 e. The Morgan fingerprint density at radius 1 is 1.05 bits per heavy atom. The number of ether oxygens (including phenoxy) is 1. The molecule has 9 heteroatoms. The Balaban J connectivity index is 1.50. The summed E-state index contributed by atoms with van der Waals surface area (Å²) >= 11 is 0. The van der Waals surface area contributed by atoms with Crippen molar-refractivity contribution in [2.75, 3.05) is 57.2 Å². The van der Waals surface area contributed by atoms with Gasteiger partial charge in [-0.3, -0.25) is 4.79 Å². The molecule has 1 saturated heterocycles. The fourth-order valence-electron chi connectivity index (χ4n) is 4.34. The van der Waals surface area contributed by atoms with Crippen LogP contribution in [0.5, 0.6) is 0 Å². The molecule has 1 fully saturated rings. The number of carbonyl (C=O) groups excluding carboxylic acids is 1. The molecule has 1 aliphatic heterocycles. The van der Waals surface area contributed by atoms with Crippen molar-refractivity contribution in [3.63, 3.8) is 0 Å². The summed E-state index contributed by atoms with van der Waals surface area (Å²) in [7, 11) is 4.14. The monoisotopic (exact) mass is 499 g/mol. The molecule has 1 aliphatic rings. The number of fused-ring (bicyclic) bond motifs is 1. The quantitative estimate of drug-likeness (QED) is 0.343. The van der Waals surface area contributed by atoms with E-state index in [1.165, 1.54) is 0 Å². The van der Waals surface area contributed by atoms with E-state index in [1.54, 1.807) is 0 Å². The summed E-state index contributed by atoms with van der Waals surface area (Å²) < 4.78 is 7.72. The van der Waals surface area contributed by atoms with Crippen molar-refractivity contribution in [3.8, 4) is 11.3 Å². The molecule has 0 atom stereocenters. The number of nitrogens with one attached hydrogen (secondary N) is 1. The predicted molar refractivity (Wildman–Crippen MR) is 147 cm³/mol. The van der Waals surface area contributed by atoms with E-state index in [2.05, 4.69) is 50.9 Å². The minimum atomic E-state index is 0.130. The molecule has 5 rings (SSSR count). The third-order valence-corrected chi connectivity index (χ3v) is 6.51. The Morgan fingerprint density at radius 3 is 2.57 bits per heavy atom. The number of imidazole rings is 1. The average molecular weight is 500 g/mol. The van der Waals surface area contributed by atoms with E-state index in [9.17, 15) is 4.79 Å². The van der Waals surface area contributed by atoms with Gasteiger partial charge in [0.25, 0.3) is 0 Å². The van der Waals surface area contributed by atoms with Crippen LogP contribution in [0.3, 0.4) is 0 Å². The normalized spacial score (nSPS) is 13.9. The standard InChI is InChI=1S/C28H33N7O2/c1-4-26(36)20-5-8-22(9-6-20)30-27-18-24(31-28(32-27)34-13-15-37-16-14-34)21-7-10-23-25(17-21)35(19-29-23)12-11-33(2)3/h5-10,17-19H,4,11-16H2,1-3H3,(H,30,31,32). The van der Waals surface area contributed by atoms with Crippen molar-refractivity contribution in [3.05, 3.63) is 60.4 Å². The van der Waals surface area contributed by atoms with Gasteiger partial charge in [0.05, 0.1) is 36.3 Å². The van der Waals surface area contributed by atoms with E-state index in [0.29, 0.717) is 37.0 Å². The summed E-state index contributed by atoms with van der Waals surface area (Å²) in [5.41, 5.74) is 5.45. The minimum Gasteiger partial charge on any atom is -0.378 e. The Bertz CT molecular complexity index is 1380. The van der Waals surface area contributed by atoms with E-state index in [0.717, 1.165) is 54.2 Å². The predicted octanol–water partition coefficient (Wildman–Crippen LogP) is 4.23. The highest BCUT2D eigenvalue weighted by Gasteiger charge is 2.17. The molecule has 1 N–H and O–H groups in total. The van der Waals surface area contributed by atoms with E-state index in [-0.39, 0.29) is 5.78 Å². The molecule has 0 bridgehead atoms. The van der Waals surface area contributed by atoms with Crippen molar-refractivity contribution in [1.29, 1.82) is 0 Å². The van der Waals surface area contributed by atoms with Crippen LogP contribution in [0.1, 0.15) is 23.7 Å². The van der Waals surface area contributed by atoms with Gasteiger partial charge < -0.3 is 24.4 Å². The number of rotatable bonds is 9. The van der Waals surface area contributed by atoms with Gasteiger partial charge in [-0.05, 0) is 50.5 Å². The molecule has 0 aliphatic carbocycles. The topological polar surface area (TPSA) is 88.4 Å². The van der Waals surface area contributed by atoms with Gasteiger partial charge in [-0.1, -0.05) is 13.0 Å². The van der Waals surface area contributed by atoms with E-state index < -0.39 is 0 Å². The van der Waals surface area contributed by atoms with Crippen molar-refractivity contribution in [2.45, 2.75) is 19.9 Å². The van der Waals surface area contributed by atoms with Crippen LogP contribution in [0.15, 0.2) is 54.9 Å². The van der Waals surface area contributed by atoms with Crippen LogP contribution >= 0.6 is 0 Å². The molecule has 0 amide bonds. The number of morpholine rings is 1. The molecular formula is C28H33N7O2. The lowest BCUT2D eigenvalue weighted by molar-refractivity contribution is 0.0988. The third-order valence-electron chi connectivity index (χ3n) is 6.51. The van der Waals surface area contributed by atoms with Crippen LogP contribution in [0.4, 0.5) is 17.5 Å². The van der Waals surface area contributed by atoms with E-state index in [4.69, 9.17) is 14.7 Å². The van der Waals surface area contributed by atoms with E-state index >= 15 is 0 Å². The van der Waals surface area contributed by atoms with Gasteiger partial charge in [0.1, 0.15) is 5.82 Å². The molecule has 0 radical (unpaired) electrons. The molecule has 192 valence electrons. The molecule has 0 unspecified atom stereocenters. The van der Waals surface area contributed by atoms with Crippen molar-refractivity contribution >= 4 is 34.3 Å². The number of benzene rings is 2. The number of carbonyl (C=O) groups is 1. The first-order valence-electron chi connectivity index (χ1n) is 12.7. The summed E-state index contributed by atoms with van der Waals surface area (Å²) in [4.78, 5) is 30.7. The fourth-order valence-corrected chi connectivity index (χ4v) is 4.34. The lowest BCUT2D eigenvalue weighted by Crippen LogP contribution is -2.37. The largest absolute Gasteiger partial charge is 0.378 e. The highest BCUT2D eigenvalue weighted by molar-refractivity contribution is 5.96. The highest BCUT2D eigenvalue weighted by atomic mass is 16.5. The van der Waals surface area contributed by atoms with Crippen LogP contribution in [0.25, 0.3) is 22.3 Å². The number of hydrogen-bond acceptors (Lipinski definition) is 8. The maximum atomic E-state index is 12.0. The Hall–Kier alpha value is -3.82. The zero-order valence-corrected chi connectivity index (χ0v) is 21.6. The van der Waals surface area contributed by atoms with Crippen LogP contribution in [-0.4, -0.2) is 77.1 Å². The van der Waals surface area contributed by atoms with Gasteiger partial charge in [0.2, 0.25) is 5.95 Å². The Labute approximate surface area is 217 Å². The van der Waals surface area contributed by atoms with Gasteiger partial charge in [-0.2, -0.15) is 4.98 Å². The SMILES string of the molecule is CCC(=O)c1ccc(Nc2cc(-c3ccc4ncn(CCN(C)C)c4c3)nc(N3CCOCC3)n2)cc1. The Kier molecular flexibility index (Phi) is 7.43. The second-order valence-corrected chi connectivity index (χ2v) is 9.46. The van der Waals surface area contributed by atoms with Crippen molar-refractivity contribution in [1.82, 2.24) is 24.4 Å². The highest BCUT2D eigenvalue weighted by Crippen LogP contribution is 2.28. The van der Waals surface area contributed by atoms with Crippen LogP contribution in [-0.2, 0) is 11.3 Å². The molecule has 9 nitrogen and oxygen atoms in total. The number of ketones is 1. The number of nitrogens with zero attached hydrogens (tertiary/aromatic N) is 6. The van der Waals surface area contributed by atoms with Gasteiger partial charge >= 0.3 is 0 Å². The molecule has 0 saturated carbocycles. The maximum absolute atomic E-state index is 12.0. The van der Waals surface area contributed by atoms with Crippen LogP contribution in [0.2, 0.25) is 0 Å². The second-order valence-electron chi connectivity index (χ2n) is 9.46. The van der Waals surface area contributed by atoms with Crippen LogP contribution < -0.4 is 10.2 Å². The second kappa shape index (κ2) is 11.1. The smallest absolute Gasteiger partial charge is 0.228 e. The average Bonchev–Trinajstić information content (AvgIpc) is 3.34. The van der Waals surface area contributed by atoms with Gasteiger partial charge in [-0.15, -0.1) is 0 Å². The summed E-state index contributed by atoms with van der Waals surface area (Å²) in [5.74, 6) is 1.50. The Morgan fingerprint density at radius 2 is 1.84 bits per heavy atom. The fraction of sp³-hybridized carbons (Fsp3) is 0.357.